The smallest absolute Gasteiger partial charge is 0.330 e. The van der Waals surface area contributed by atoms with Gasteiger partial charge in [0, 0.05) is 38.2 Å². The van der Waals surface area contributed by atoms with E-state index in [1.807, 2.05) is 0 Å². The van der Waals surface area contributed by atoms with Gasteiger partial charge in [-0.3, -0.25) is 0 Å². The van der Waals surface area contributed by atoms with Gasteiger partial charge in [0.1, 0.15) is 0 Å². The number of esters is 2. The van der Waals surface area contributed by atoms with Crippen molar-refractivity contribution >= 4 is 11.9 Å². The van der Waals surface area contributed by atoms with Crippen LogP contribution in [-0.4, -0.2) is 51.6 Å². The Labute approximate surface area is 119 Å². The van der Waals surface area contributed by atoms with Crippen molar-refractivity contribution in [3.63, 3.8) is 0 Å². The van der Waals surface area contributed by atoms with E-state index in [2.05, 4.69) is 13.2 Å². The van der Waals surface area contributed by atoms with Crippen molar-refractivity contribution in [3.05, 3.63) is 25.3 Å². The van der Waals surface area contributed by atoms with Gasteiger partial charge in [-0.1, -0.05) is 13.2 Å². The number of carbonyl (C=O) groups is 2. The molecule has 0 aromatic rings. The van der Waals surface area contributed by atoms with E-state index in [1.165, 1.54) is 0 Å². The first kappa shape index (κ1) is 18.3. The Hall–Kier alpha value is -1.66. The van der Waals surface area contributed by atoms with E-state index in [9.17, 15) is 9.59 Å². The fraction of sp³-hybridized carbons (Fsp3) is 0.571. The van der Waals surface area contributed by atoms with Crippen molar-refractivity contribution in [2.75, 3.05) is 39.6 Å². The molecule has 0 amide bonds. The van der Waals surface area contributed by atoms with E-state index < -0.39 is 11.9 Å². The molecule has 0 aromatic carbocycles. The second-order valence-corrected chi connectivity index (χ2v) is 3.68. The lowest BCUT2D eigenvalue weighted by molar-refractivity contribution is -0.139. The van der Waals surface area contributed by atoms with Crippen molar-refractivity contribution in [1.29, 1.82) is 0 Å². The van der Waals surface area contributed by atoms with Gasteiger partial charge in [-0.15, -0.1) is 0 Å². The number of carbonyl (C=O) groups excluding carboxylic acids is 2. The lowest BCUT2D eigenvalue weighted by atomic mass is 10.5. The van der Waals surface area contributed by atoms with Gasteiger partial charge in [0.15, 0.2) is 0 Å². The largest absolute Gasteiger partial charge is 0.462 e. The third-order valence-electron chi connectivity index (χ3n) is 2.06. The molecule has 0 spiro atoms. The molecule has 0 rings (SSSR count). The van der Waals surface area contributed by atoms with E-state index in [0.29, 0.717) is 52.5 Å². The molecule has 0 radical (unpaired) electrons. The molecule has 6 heteroatoms. The van der Waals surface area contributed by atoms with Crippen LogP contribution in [0, 0.1) is 0 Å². The van der Waals surface area contributed by atoms with Crippen LogP contribution >= 0.6 is 0 Å². The normalized spacial score (nSPS) is 9.80. The molecule has 0 saturated carbocycles. The van der Waals surface area contributed by atoms with Gasteiger partial charge in [0.05, 0.1) is 26.4 Å². The van der Waals surface area contributed by atoms with Crippen molar-refractivity contribution in [3.8, 4) is 0 Å². The summed E-state index contributed by atoms with van der Waals surface area (Å²) >= 11 is 0. The molecule has 0 bridgehead atoms. The summed E-state index contributed by atoms with van der Waals surface area (Å²) in [7, 11) is 0. The first-order chi connectivity index (χ1) is 9.70. The maximum atomic E-state index is 10.7. The SMILES string of the molecule is C=CC(=O)OCCCOCCOCCCOC(=O)C=C. The summed E-state index contributed by atoms with van der Waals surface area (Å²) in [6.45, 7) is 9.18. The first-order valence-corrected chi connectivity index (χ1v) is 6.44. The molecular weight excluding hydrogens is 264 g/mol. The van der Waals surface area contributed by atoms with Crippen LogP contribution < -0.4 is 0 Å². The summed E-state index contributed by atoms with van der Waals surface area (Å²) < 4.78 is 20.1. The fourth-order valence-electron chi connectivity index (χ4n) is 1.11. The van der Waals surface area contributed by atoms with Crippen LogP contribution in [0.5, 0.6) is 0 Å². The molecule has 0 saturated heterocycles. The summed E-state index contributed by atoms with van der Waals surface area (Å²) in [5.41, 5.74) is 0. The highest BCUT2D eigenvalue weighted by molar-refractivity contribution is 5.81. The Morgan fingerprint density at radius 1 is 0.700 bits per heavy atom. The van der Waals surface area contributed by atoms with Crippen LogP contribution in [0.15, 0.2) is 25.3 Å². The van der Waals surface area contributed by atoms with Gasteiger partial charge in [0.25, 0.3) is 0 Å². The van der Waals surface area contributed by atoms with E-state index >= 15 is 0 Å². The van der Waals surface area contributed by atoms with E-state index in [-0.39, 0.29) is 0 Å². The second-order valence-electron chi connectivity index (χ2n) is 3.68. The van der Waals surface area contributed by atoms with E-state index in [0.717, 1.165) is 12.2 Å². The Morgan fingerprint density at radius 3 is 1.45 bits per heavy atom. The predicted octanol–water partition coefficient (Wildman–Crippen LogP) is 1.26. The maximum Gasteiger partial charge on any atom is 0.330 e. The molecule has 0 aliphatic heterocycles. The highest BCUT2D eigenvalue weighted by Gasteiger charge is 1.96. The Bertz CT molecular complexity index is 270. The lowest BCUT2D eigenvalue weighted by Gasteiger charge is -2.06. The predicted molar refractivity (Wildman–Crippen MR) is 73.2 cm³/mol. The van der Waals surface area contributed by atoms with E-state index in [4.69, 9.17) is 18.9 Å². The average molecular weight is 286 g/mol. The van der Waals surface area contributed by atoms with E-state index in [1.54, 1.807) is 0 Å². The Morgan fingerprint density at radius 2 is 1.10 bits per heavy atom. The minimum absolute atomic E-state index is 0.320. The zero-order valence-corrected chi connectivity index (χ0v) is 11.7. The third kappa shape index (κ3) is 12.8. The number of ether oxygens (including phenoxy) is 4. The summed E-state index contributed by atoms with van der Waals surface area (Å²) in [6, 6.07) is 0. The van der Waals surface area contributed by atoms with Crippen molar-refractivity contribution in [1.82, 2.24) is 0 Å². The zero-order valence-electron chi connectivity index (χ0n) is 11.7. The lowest BCUT2D eigenvalue weighted by Crippen LogP contribution is -2.10. The van der Waals surface area contributed by atoms with Gasteiger partial charge in [-0.2, -0.15) is 0 Å². The van der Waals surface area contributed by atoms with Crippen LogP contribution in [-0.2, 0) is 28.5 Å². The molecule has 0 N–H and O–H groups in total. The summed E-state index contributed by atoms with van der Waals surface area (Å²) in [4.78, 5) is 21.4. The standard InChI is InChI=1S/C14H22O6/c1-3-13(15)19-9-5-7-17-11-12-18-8-6-10-20-14(16)4-2/h3-4H,1-2,5-12H2. The minimum atomic E-state index is -0.425. The molecule has 20 heavy (non-hydrogen) atoms. The maximum absolute atomic E-state index is 10.7. The van der Waals surface area contributed by atoms with Crippen LogP contribution in [0.4, 0.5) is 0 Å². The number of rotatable bonds is 13. The minimum Gasteiger partial charge on any atom is -0.462 e. The number of hydrogen-bond acceptors (Lipinski definition) is 6. The first-order valence-electron chi connectivity index (χ1n) is 6.44. The Balaban J connectivity index is 3.09. The summed E-state index contributed by atoms with van der Waals surface area (Å²) in [5.74, 6) is -0.851. The molecule has 0 aliphatic carbocycles. The number of hydrogen-bond donors (Lipinski definition) is 0. The van der Waals surface area contributed by atoms with Crippen LogP contribution in [0.2, 0.25) is 0 Å². The van der Waals surface area contributed by atoms with Crippen LogP contribution in [0.1, 0.15) is 12.8 Å². The summed E-state index contributed by atoms with van der Waals surface area (Å²) in [6.07, 6.45) is 3.52. The molecule has 0 heterocycles. The van der Waals surface area contributed by atoms with Crippen LogP contribution in [0.25, 0.3) is 0 Å². The fourth-order valence-corrected chi connectivity index (χ4v) is 1.11. The van der Waals surface area contributed by atoms with Gasteiger partial charge < -0.3 is 18.9 Å². The molecular formula is C14H22O6. The van der Waals surface area contributed by atoms with Crippen molar-refractivity contribution in [2.45, 2.75) is 12.8 Å². The van der Waals surface area contributed by atoms with Gasteiger partial charge in [-0.05, 0) is 0 Å². The van der Waals surface area contributed by atoms with Gasteiger partial charge >= 0.3 is 11.9 Å². The molecule has 6 nitrogen and oxygen atoms in total. The average Bonchev–Trinajstić information content (AvgIpc) is 2.47. The third-order valence-corrected chi connectivity index (χ3v) is 2.06. The van der Waals surface area contributed by atoms with Gasteiger partial charge in [-0.25, -0.2) is 9.59 Å². The molecule has 0 fully saturated rings. The Kier molecular flexibility index (Phi) is 12.6. The van der Waals surface area contributed by atoms with Crippen LogP contribution in [0.3, 0.4) is 0 Å². The van der Waals surface area contributed by atoms with Crippen molar-refractivity contribution < 1.29 is 28.5 Å². The highest BCUT2D eigenvalue weighted by atomic mass is 16.5. The summed E-state index contributed by atoms with van der Waals surface area (Å²) in [5, 5.41) is 0. The van der Waals surface area contributed by atoms with Gasteiger partial charge in [0.2, 0.25) is 0 Å². The molecule has 0 unspecified atom stereocenters. The molecule has 0 atom stereocenters. The molecule has 114 valence electrons. The topological polar surface area (TPSA) is 71.1 Å². The quantitative estimate of drug-likeness (QED) is 0.288. The second kappa shape index (κ2) is 13.8. The zero-order chi connectivity index (χ0) is 15.1. The highest BCUT2D eigenvalue weighted by Crippen LogP contribution is 1.89. The molecule has 0 aromatic heterocycles. The van der Waals surface area contributed by atoms with Crippen molar-refractivity contribution in [2.24, 2.45) is 0 Å². The monoisotopic (exact) mass is 286 g/mol. The molecule has 0 aliphatic rings.